The Balaban J connectivity index is 1.47. The second-order valence-electron chi connectivity index (χ2n) is 6.95. The Bertz CT molecular complexity index is 845. The molecular weight excluding hydrogens is 318 g/mol. The molecule has 1 fully saturated rings. The van der Waals surface area contributed by atoms with Gasteiger partial charge in [0.15, 0.2) is 0 Å². The minimum Gasteiger partial charge on any atom is -0.326 e. The average molecular weight is 337 g/mol. The van der Waals surface area contributed by atoms with E-state index < -0.39 is 0 Å². The summed E-state index contributed by atoms with van der Waals surface area (Å²) in [5.74, 6) is 0.532. The van der Waals surface area contributed by atoms with Crippen LogP contribution in [0.15, 0.2) is 49.1 Å². The number of hydrogen-bond acceptors (Lipinski definition) is 4. The minimum atomic E-state index is -0.375. The number of benzene rings is 1. The third kappa shape index (κ3) is 2.82. The maximum atomic E-state index is 12.8. The number of nitrogens with zero attached hydrogens (tertiary/aromatic N) is 3. The van der Waals surface area contributed by atoms with Gasteiger partial charge in [-0.3, -0.25) is 15.0 Å². The number of nitrogens with one attached hydrogen (secondary N) is 2. The van der Waals surface area contributed by atoms with Crippen LogP contribution in [0.4, 0.5) is 5.69 Å². The summed E-state index contributed by atoms with van der Waals surface area (Å²) >= 11 is 0. The van der Waals surface area contributed by atoms with Gasteiger partial charge in [-0.25, -0.2) is 4.68 Å². The van der Waals surface area contributed by atoms with Crippen molar-refractivity contribution in [2.24, 2.45) is 17.3 Å². The highest BCUT2D eigenvalue weighted by Gasteiger charge is 2.49. The third-order valence-electron chi connectivity index (χ3n) is 5.23. The molecule has 2 aliphatic rings. The summed E-state index contributed by atoms with van der Waals surface area (Å²) in [5, 5.41) is 10.2. The maximum absolute atomic E-state index is 12.8. The van der Waals surface area contributed by atoms with E-state index in [9.17, 15) is 9.59 Å². The molecule has 0 radical (unpaired) electrons. The highest BCUT2D eigenvalue weighted by Crippen LogP contribution is 2.52. The smallest absolute Gasteiger partial charge is 0.270 e. The van der Waals surface area contributed by atoms with E-state index in [0.717, 1.165) is 12.8 Å². The highest BCUT2D eigenvalue weighted by atomic mass is 16.2. The summed E-state index contributed by atoms with van der Waals surface area (Å²) in [6.07, 6.45) is 9.12. The molecule has 7 heteroatoms. The van der Waals surface area contributed by atoms with Crippen molar-refractivity contribution in [2.75, 3.05) is 10.7 Å². The lowest BCUT2D eigenvalue weighted by atomic mass is 9.77. The summed E-state index contributed by atoms with van der Waals surface area (Å²) in [5.41, 5.74) is 3.33. The zero-order valence-corrected chi connectivity index (χ0v) is 13.8. The molecule has 1 heterocycles. The molecule has 0 unspecified atom stereocenters. The Hall–Kier alpha value is -2.96. The first-order valence-corrected chi connectivity index (χ1v) is 8.30. The number of rotatable bonds is 4. The van der Waals surface area contributed by atoms with Gasteiger partial charge >= 0.3 is 0 Å². The molecular formula is C18H19N5O2. The van der Waals surface area contributed by atoms with Crippen LogP contribution in [-0.4, -0.2) is 26.7 Å². The summed E-state index contributed by atoms with van der Waals surface area (Å²) in [7, 11) is 0. The quantitative estimate of drug-likeness (QED) is 0.837. The number of carbonyl (C=O) groups is 2. The van der Waals surface area contributed by atoms with Crippen molar-refractivity contribution in [1.82, 2.24) is 14.9 Å². The average Bonchev–Trinajstić information content (AvgIpc) is 3.32. The van der Waals surface area contributed by atoms with E-state index in [-0.39, 0.29) is 17.2 Å². The Morgan fingerprint density at radius 1 is 1.24 bits per heavy atom. The molecule has 2 bridgehead atoms. The second-order valence-corrected chi connectivity index (χ2v) is 6.95. The van der Waals surface area contributed by atoms with Crippen molar-refractivity contribution in [3.63, 3.8) is 0 Å². The molecule has 2 amide bonds. The Labute approximate surface area is 145 Å². The van der Waals surface area contributed by atoms with Crippen LogP contribution in [0.25, 0.3) is 0 Å². The third-order valence-corrected chi connectivity index (χ3v) is 5.23. The molecule has 0 saturated heterocycles. The van der Waals surface area contributed by atoms with Crippen LogP contribution in [0.2, 0.25) is 0 Å². The zero-order valence-electron chi connectivity index (χ0n) is 13.8. The lowest BCUT2D eigenvalue weighted by Crippen LogP contribution is -2.37. The topological polar surface area (TPSA) is 88.9 Å². The fraction of sp³-hybridized carbons (Fsp3) is 0.333. The first kappa shape index (κ1) is 15.6. The molecule has 25 heavy (non-hydrogen) atoms. The Kier molecular flexibility index (Phi) is 3.63. The minimum absolute atomic E-state index is 0.0146. The summed E-state index contributed by atoms with van der Waals surface area (Å²) in [6, 6.07) is 6.90. The zero-order chi connectivity index (χ0) is 17.4. The van der Waals surface area contributed by atoms with Gasteiger partial charge in [0.2, 0.25) is 5.91 Å². The van der Waals surface area contributed by atoms with E-state index in [1.807, 2.05) is 6.92 Å². The summed E-state index contributed by atoms with van der Waals surface area (Å²) in [6.45, 7) is 2.03. The van der Waals surface area contributed by atoms with Crippen molar-refractivity contribution in [2.45, 2.75) is 19.8 Å². The van der Waals surface area contributed by atoms with Crippen molar-refractivity contribution in [1.29, 1.82) is 0 Å². The van der Waals surface area contributed by atoms with E-state index in [2.05, 4.69) is 33.1 Å². The molecule has 3 atom stereocenters. The first-order valence-electron chi connectivity index (χ1n) is 8.30. The molecule has 4 rings (SSSR count). The molecule has 0 spiro atoms. The van der Waals surface area contributed by atoms with Gasteiger partial charge in [-0.1, -0.05) is 25.1 Å². The van der Waals surface area contributed by atoms with E-state index in [1.165, 1.54) is 17.3 Å². The first-order chi connectivity index (χ1) is 12.0. The normalized spacial score (nSPS) is 26.6. The number of amides is 2. The molecule has 2 aliphatic carbocycles. The molecule has 2 aromatic rings. The van der Waals surface area contributed by atoms with Crippen LogP contribution in [0.3, 0.4) is 0 Å². The predicted molar refractivity (Wildman–Crippen MR) is 92.2 cm³/mol. The standard InChI is InChI=1S/C18H19N5O2/c1-18(9-12-5-6-14(18)7-12)17(25)21-15-4-2-3-13(8-15)16(24)22-23-10-19-20-11-23/h2-6,8,10-12,14H,7,9H2,1H3,(H,21,25)(H,22,24)/t12-,14-,18+/m0/s1. The van der Waals surface area contributed by atoms with Crippen LogP contribution in [0, 0.1) is 17.3 Å². The number of aromatic nitrogens is 3. The molecule has 7 nitrogen and oxygen atoms in total. The van der Waals surface area contributed by atoms with E-state index in [1.54, 1.807) is 24.3 Å². The lowest BCUT2D eigenvalue weighted by molar-refractivity contribution is -0.126. The van der Waals surface area contributed by atoms with Gasteiger partial charge in [0, 0.05) is 11.3 Å². The van der Waals surface area contributed by atoms with Gasteiger partial charge in [-0.2, -0.15) is 0 Å². The van der Waals surface area contributed by atoms with Crippen molar-refractivity contribution in [3.05, 3.63) is 54.6 Å². The lowest BCUT2D eigenvalue weighted by Gasteiger charge is -2.29. The van der Waals surface area contributed by atoms with E-state index in [4.69, 9.17) is 0 Å². The number of fused-ring (bicyclic) bond motifs is 2. The van der Waals surface area contributed by atoms with Crippen LogP contribution in [-0.2, 0) is 4.79 Å². The SMILES string of the molecule is C[C@@]1(C(=O)Nc2cccc(C(=O)Nn3cnnc3)c2)C[C@H]2C=C[C@H]1C2. The van der Waals surface area contributed by atoms with Crippen LogP contribution in [0.5, 0.6) is 0 Å². The van der Waals surface area contributed by atoms with Gasteiger partial charge in [0.1, 0.15) is 12.7 Å². The van der Waals surface area contributed by atoms with Crippen LogP contribution >= 0.6 is 0 Å². The molecule has 1 aromatic carbocycles. The number of carbonyl (C=O) groups excluding carboxylic acids is 2. The Morgan fingerprint density at radius 2 is 2.04 bits per heavy atom. The maximum Gasteiger partial charge on any atom is 0.270 e. The fourth-order valence-electron chi connectivity index (χ4n) is 3.81. The monoisotopic (exact) mass is 337 g/mol. The highest BCUT2D eigenvalue weighted by molar-refractivity contribution is 6.02. The molecule has 1 aromatic heterocycles. The number of hydrogen-bond donors (Lipinski definition) is 2. The van der Waals surface area contributed by atoms with Gasteiger partial charge in [-0.05, 0) is 42.9 Å². The van der Waals surface area contributed by atoms with Gasteiger partial charge in [0.05, 0.1) is 5.41 Å². The van der Waals surface area contributed by atoms with Crippen LogP contribution in [0.1, 0.15) is 30.1 Å². The fourth-order valence-corrected chi connectivity index (χ4v) is 3.81. The van der Waals surface area contributed by atoms with Crippen molar-refractivity contribution in [3.8, 4) is 0 Å². The number of anilines is 1. The Morgan fingerprint density at radius 3 is 2.72 bits per heavy atom. The van der Waals surface area contributed by atoms with Gasteiger partial charge in [0.25, 0.3) is 5.91 Å². The van der Waals surface area contributed by atoms with Crippen molar-refractivity contribution < 1.29 is 9.59 Å². The molecule has 1 saturated carbocycles. The molecule has 0 aliphatic heterocycles. The number of allylic oxidation sites excluding steroid dienone is 2. The largest absolute Gasteiger partial charge is 0.326 e. The van der Waals surface area contributed by atoms with Gasteiger partial charge < -0.3 is 5.32 Å². The van der Waals surface area contributed by atoms with Crippen LogP contribution < -0.4 is 10.7 Å². The predicted octanol–water partition coefficient (Wildman–Crippen LogP) is 2.20. The summed E-state index contributed by atoms with van der Waals surface area (Å²) < 4.78 is 1.37. The van der Waals surface area contributed by atoms with Gasteiger partial charge in [-0.15, -0.1) is 10.2 Å². The summed E-state index contributed by atoms with van der Waals surface area (Å²) in [4.78, 5) is 25.1. The van der Waals surface area contributed by atoms with E-state index >= 15 is 0 Å². The molecule has 2 N–H and O–H groups in total. The van der Waals surface area contributed by atoms with E-state index in [0.29, 0.717) is 23.1 Å². The molecule has 128 valence electrons. The second kappa shape index (κ2) is 5.84. The van der Waals surface area contributed by atoms with Crippen molar-refractivity contribution >= 4 is 17.5 Å².